The zero-order valence-electron chi connectivity index (χ0n) is 10.3. The molecule has 0 saturated carbocycles. The van der Waals surface area contributed by atoms with Gasteiger partial charge in [0.1, 0.15) is 6.17 Å². The van der Waals surface area contributed by atoms with Crippen molar-refractivity contribution in [1.29, 1.82) is 0 Å². The van der Waals surface area contributed by atoms with Crippen molar-refractivity contribution in [2.75, 3.05) is 26.3 Å². The Hall–Kier alpha value is -1.01. The van der Waals surface area contributed by atoms with Gasteiger partial charge in [-0.05, 0) is 19.3 Å². The van der Waals surface area contributed by atoms with Crippen LogP contribution in [0.2, 0.25) is 0 Å². The van der Waals surface area contributed by atoms with E-state index < -0.39 is 6.17 Å². The Balaban J connectivity index is 1.56. The van der Waals surface area contributed by atoms with Gasteiger partial charge < -0.3 is 9.15 Å². The Labute approximate surface area is 105 Å². The molecule has 0 spiro atoms. The summed E-state index contributed by atoms with van der Waals surface area (Å²) in [5.74, 6) is 1.57. The van der Waals surface area contributed by atoms with Crippen molar-refractivity contribution in [2.24, 2.45) is 0 Å². The number of likely N-dealkylation sites (tertiary alicyclic amines) is 1. The van der Waals surface area contributed by atoms with Crippen LogP contribution in [0.3, 0.4) is 0 Å². The van der Waals surface area contributed by atoms with Gasteiger partial charge in [-0.2, -0.15) is 0 Å². The minimum absolute atomic E-state index is 0.253. The lowest BCUT2D eigenvalue weighted by molar-refractivity contribution is 0.135. The van der Waals surface area contributed by atoms with Gasteiger partial charge in [0, 0.05) is 19.7 Å². The molecule has 6 heteroatoms. The summed E-state index contributed by atoms with van der Waals surface area (Å²) >= 11 is 0. The smallest absolute Gasteiger partial charge is 0.230 e. The van der Waals surface area contributed by atoms with Gasteiger partial charge in [0.15, 0.2) is 0 Å². The van der Waals surface area contributed by atoms with Crippen LogP contribution in [0.15, 0.2) is 4.42 Å². The molecule has 2 aliphatic rings. The Morgan fingerprint density at radius 2 is 2.06 bits per heavy atom. The first-order chi connectivity index (χ1) is 8.81. The number of halogens is 1. The number of rotatable bonds is 3. The largest absolute Gasteiger partial charge is 0.423 e. The predicted octanol–water partition coefficient (Wildman–Crippen LogP) is 1.51. The number of piperidine rings is 1. The van der Waals surface area contributed by atoms with Gasteiger partial charge in [-0.25, -0.2) is 4.39 Å². The molecule has 0 radical (unpaired) electrons. The lowest BCUT2D eigenvalue weighted by Gasteiger charge is -2.26. The van der Waals surface area contributed by atoms with Crippen LogP contribution in [-0.2, 0) is 11.3 Å². The molecule has 0 aromatic carbocycles. The normalized spacial score (nSPS) is 26.8. The number of nitrogens with zero attached hydrogens (tertiary/aromatic N) is 3. The lowest BCUT2D eigenvalue weighted by Crippen LogP contribution is -2.33. The van der Waals surface area contributed by atoms with Crippen LogP contribution in [0.4, 0.5) is 4.39 Å². The molecule has 0 amide bonds. The maximum absolute atomic E-state index is 13.0. The van der Waals surface area contributed by atoms with E-state index >= 15 is 0 Å². The van der Waals surface area contributed by atoms with Crippen molar-refractivity contribution >= 4 is 0 Å². The highest BCUT2D eigenvalue weighted by molar-refractivity contribution is 4.94. The van der Waals surface area contributed by atoms with Crippen LogP contribution >= 0.6 is 0 Å². The highest BCUT2D eigenvalue weighted by Gasteiger charge is 2.25. The Bertz CT molecular complexity index is 384. The summed E-state index contributed by atoms with van der Waals surface area (Å²) in [7, 11) is 0. The number of hydrogen-bond donors (Lipinski definition) is 0. The fraction of sp³-hybridized carbons (Fsp3) is 0.833. The van der Waals surface area contributed by atoms with Crippen LogP contribution in [0.1, 0.15) is 37.0 Å². The molecule has 18 heavy (non-hydrogen) atoms. The summed E-state index contributed by atoms with van der Waals surface area (Å²) in [5.41, 5.74) is 0. The number of ether oxygens (including phenoxy) is 1. The van der Waals surface area contributed by atoms with Crippen molar-refractivity contribution in [3.8, 4) is 0 Å². The molecule has 1 aromatic rings. The van der Waals surface area contributed by atoms with Gasteiger partial charge in [-0.1, -0.05) is 0 Å². The second-order valence-corrected chi connectivity index (χ2v) is 5.05. The highest BCUT2D eigenvalue weighted by Crippen LogP contribution is 2.24. The first-order valence-corrected chi connectivity index (χ1v) is 6.57. The molecular weight excluding hydrogens is 237 g/mol. The van der Waals surface area contributed by atoms with Gasteiger partial charge in [0.25, 0.3) is 0 Å². The number of alkyl halides is 1. The Morgan fingerprint density at radius 1 is 1.22 bits per heavy atom. The zero-order chi connectivity index (χ0) is 12.4. The maximum Gasteiger partial charge on any atom is 0.230 e. The van der Waals surface area contributed by atoms with Crippen LogP contribution in [0.25, 0.3) is 0 Å². The van der Waals surface area contributed by atoms with Crippen LogP contribution in [0, 0.1) is 0 Å². The van der Waals surface area contributed by atoms with E-state index in [1.165, 1.54) is 0 Å². The van der Waals surface area contributed by atoms with Crippen LogP contribution in [0.5, 0.6) is 0 Å². The standard InChI is InChI=1S/C12H18FN3O2/c13-10-1-4-16(5-2-10)7-11-14-15-12(18-11)9-3-6-17-8-9/h9-10H,1-8H2. The molecule has 2 fully saturated rings. The molecular formula is C12H18FN3O2. The van der Waals surface area contributed by atoms with E-state index in [0.29, 0.717) is 37.8 Å². The number of hydrogen-bond acceptors (Lipinski definition) is 5. The molecule has 5 nitrogen and oxygen atoms in total. The summed E-state index contributed by atoms with van der Waals surface area (Å²) in [6.45, 7) is 3.62. The summed E-state index contributed by atoms with van der Waals surface area (Å²) in [5, 5.41) is 8.15. The van der Waals surface area contributed by atoms with Gasteiger partial charge in [0.05, 0.1) is 19.1 Å². The molecule has 0 N–H and O–H groups in total. The minimum atomic E-state index is -0.643. The average Bonchev–Trinajstić information content (AvgIpc) is 3.02. The van der Waals surface area contributed by atoms with Gasteiger partial charge in [-0.15, -0.1) is 10.2 Å². The third-order valence-corrected chi connectivity index (χ3v) is 3.64. The van der Waals surface area contributed by atoms with E-state index in [1.54, 1.807) is 0 Å². The minimum Gasteiger partial charge on any atom is -0.423 e. The lowest BCUT2D eigenvalue weighted by atomic mass is 10.1. The second kappa shape index (κ2) is 5.32. The van der Waals surface area contributed by atoms with E-state index in [9.17, 15) is 4.39 Å². The third-order valence-electron chi connectivity index (χ3n) is 3.64. The third kappa shape index (κ3) is 2.70. The van der Waals surface area contributed by atoms with E-state index in [1.807, 2.05) is 0 Å². The Morgan fingerprint density at radius 3 is 2.78 bits per heavy atom. The molecule has 0 bridgehead atoms. The van der Waals surface area contributed by atoms with Gasteiger partial charge in [-0.3, -0.25) is 4.90 Å². The van der Waals surface area contributed by atoms with E-state index in [-0.39, 0.29) is 5.92 Å². The summed E-state index contributed by atoms with van der Waals surface area (Å²) in [6.07, 6.45) is 1.53. The van der Waals surface area contributed by atoms with Crippen molar-refractivity contribution in [3.63, 3.8) is 0 Å². The van der Waals surface area contributed by atoms with Crippen molar-refractivity contribution in [2.45, 2.75) is 37.9 Å². The van der Waals surface area contributed by atoms with E-state index in [2.05, 4.69) is 15.1 Å². The summed E-state index contributed by atoms with van der Waals surface area (Å²) in [4.78, 5) is 2.17. The first kappa shape index (κ1) is 12.0. The highest BCUT2D eigenvalue weighted by atomic mass is 19.1. The van der Waals surface area contributed by atoms with Gasteiger partial charge >= 0.3 is 0 Å². The van der Waals surface area contributed by atoms with E-state index in [4.69, 9.17) is 9.15 Å². The molecule has 1 unspecified atom stereocenters. The molecule has 3 rings (SSSR count). The molecule has 2 saturated heterocycles. The second-order valence-electron chi connectivity index (χ2n) is 5.05. The van der Waals surface area contributed by atoms with Crippen molar-refractivity contribution < 1.29 is 13.5 Å². The zero-order valence-corrected chi connectivity index (χ0v) is 10.3. The Kier molecular flexibility index (Phi) is 3.56. The SMILES string of the molecule is FC1CCN(Cc2nnc(C3CCOC3)o2)CC1. The maximum atomic E-state index is 13.0. The van der Waals surface area contributed by atoms with Gasteiger partial charge in [0.2, 0.25) is 11.8 Å². The summed E-state index contributed by atoms with van der Waals surface area (Å²) < 4.78 is 24.0. The van der Waals surface area contributed by atoms with Crippen LogP contribution < -0.4 is 0 Å². The monoisotopic (exact) mass is 255 g/mol. The molecule has 1 aromatic heterocycles. The molecule has 100 valence electrons. The summed E-state index contributed by atoms with van der Waals surface area (Å²) in [6, 6.07) is 0. The van der Waals surface area contributed by atoms with Crippen molar-refractivity contribution in [3.05, 3.63) is 11.8 Å². The number of aromatic nitrogens is 2. The van der Waals surface area contributed by atoms with Crippen LogP contribution in [-0.4, -0.2) is 47.6 Å². The fourth-order valence-corrected chi connectivity index (χ4v) is 2.48. The molecule has 1 atom stereocenters. The van der Waals surface area contributed by atoms with Crippen molar-refractivity contribution in [1.82, 2.24) is 15.1 Å². The molecule has 2 aliphatic heterocycles. The fourth-order valence-electron chi connectivity index (χ4n) is 2.48. The molecule has 0 aliphatic carbocycles. The molecule has 3 heterocycles. The quantitative estimate of drug-likeness (QED) is 0.819. The average molecular weight is 255 g/mol. The predicted molar refractivity (Wildman–Crippen MR) is 61.9 cm³/mol. The van der Waals surface area contributed by atoms with E-state index in [0.717, 1.165) is 26.1 Å². The topological polar surface area (TPSA) is 51.4 Å². The first-order valence-electron chi connectivity index (χ1n) is 6.57.